The molecule has 0 radical (unpaired) electrons. The predicted octanol–water partition coefficient (Wildman–Crippen LogP) is 4.45. The van der Waals surface area contributed by atoms with Gasteiger partial charge in [0, 0.05) is 16.3 Å². The van der Waals surface area contributed by atoms with Crippen LogP contribution in [0.4, 0.5) is 0 Å². The predicted molar refractivity (Wildman–Crippen MR) is 77.4 cm³/mol. The standard InChI is InChI=1S/C14H13ClN2S/c15-10-6-7-12-13(9-10)17-14(16-12)5-1-3-11-4-2-8-18-11/h2,4,6-9H,1,3,5H2,(H,16,17). The molecule has 0 saturated heterocycles. The number of fused-ring (bicyclic) bond motifs is 1. The minimum atomic E-state index is 0.747. The molecule has 0 saturated carbocycles. The van der Waals surface area contributed by atoms with Gasteiger partial charge in [0.2, 0.25) is 0 Å². The Hall–Kier alpha value is -1.32. The van der Waals surface area contributed by atoms with Gasteiger partial charge in [0.1, 0.15) is 5.82 Å². The first kappa shape index (κ1) is 11.8. The highest BCUT2D eigenvalue weighted by Crippen LogP contribution is 2.18. The largest absolute Gasteiger partial charge is 0.342 e. The number of aromatic amines is 1. The van der Waals surface area contributed by atoms with Crippen molar-refractivity contribution in [1.29, 1.82) is 0 Å². The summed E-state index contributed by atoms with van der Waals surface area (Å²) in [6, 6.07) is 10.0. The van der Waals surface area contributed by atoms with Gasteiger partial charge in [-0.05, 0) is 42.5 Å². The molecule has 0 unspecified atom stereocenters. The fourth-order valence-corrected chi connectivity index (χ4v) is 2.96. The summed E-state index contributed by atoms with van der Waals surface area (Å²) in [7, 11) is 0. The summed E-state index contributed by atoms with van der Waals surface area (Å²) in [5.74, 6) is 1.05. The van der Waals surface area contributed by atoms with Crippen molar-refractivity contribution in [3.8, 4) is 0 Å². The van der Waals surface area contributed by atoms with Gasteiger partial charge in [0.05, 0.1) is 11.0 Å². The number of hydrogen-bond donors (Lipinski definition) is 1. The first-order chi connectivity index (χ1) is 8.81. The van der Waals surface area contributed by atoms with E-state index in [4.69, 9.17) is 11.6 Å². The number of thiophene rings is 1. The molecule has 1 N–H and O–H groups in total. The van der Waals surface area contributed by atoms with Crippen molar-refractivity contribution in [3.63, 3.8) is 0 Å². The van der Waals surface area contributed by atoms with Crippen LogP contribution in [0.25, 0.3) is 11.0 Å². The number of aryl methyl sites for hydroxylation is 2. The fourth-order valence-electron chi connectivity index (χ4n) is 2.04. The SMILES string of the molecule is Clc1ccc2nc(CCCc3cccs3)[nH]c2c1. The van der Waals surface area contributed by atoms with Crippen LogP contribution in [0.1, 0.15) is 17.1 Å². The van der Waals surface area contributed by atoms with E-state index in [1.165, 1.54) is 4.88 Å². The molecule has 18 heavy (non-hydrogen) atoms. The first-order valence-electron chi connectivity index (χ1n) is 5.98. The van der Waals surface area contributed by atoms with E-state index in [2.05, 4.69) is 27.5 Å². The smallest absolute Gasteiger partial charge is 0.107 e. The number of halogens is 1. The van der Waals surface area contributed by atoms with E-state index in [-0.39, 0.29) is 0 Å². The molecular weight excluding hydrogens is 264 g/mol. The van der Waals surface area contributed by atoms with Gasteiger partial charge in [-0.1, -0.05) is 17.7 Å². The summed E-state index contributed by atoms with van der Waals surface area (Å²) in [5.41, 5.74) is 2.01. The second kappa shape index (κ2) is 5.12. The topological polar surface area (TPSA) is 28.7 Å². The number of rotatable bonds is 4. The van der Waals surface area contributed by atoms with E-state index < -0.39 is 0 Å². The Kier molecular flexibility index (Phi) is 3.35. The Balaban J connectivity index is 1.67. The molecule has 3 rings (SSSR count). The monoisotopic (exact) mass is 276 g/mol. The number of benzene rings is 1. The van der Waals surface area contributed by atoms with E-state index in [9.17, 15) is 0 Å². The third kappa shape index (κ3) is 2.57. The number of nitrogens with zero attached hydrogens (tertiary/aromatic N) is 1. The normalized spacial score (nSPS) is 11.2. The molecule has 0 aliphatic rings. The lowest BCUT2D eigenvalue weighted by molar-refractivity contribution is 0.793. The van der Waals surface area contributed by atoms with Gasteiger partial charge < -0.3 is 4.98 Å². The Bertz CT molecular complexity index is 643. The molecule has 4 heteroatoms. The minimum absolute atomic E-state index is 0.747. The van der Waals surface area contributed by atoms with Gasteiger partial charge >= 0.3 is 0 Å². The number of H-pyrrole nitrogens is 1. The lowest BCUT2D eigenvalue weighted by atomic mass is 10.2. The molecular formula is C14H13ClN2S. The van der Waals surface area contributed by atoms with Crippen molar-refractivity contribution < 1.29 is 0 Å². The molecule has 0 aliphatic heterocycles. The first-order valence-corrected chi connectivity index (χ1v) is 7.23. The Morgan fingerprint density at radius 3 is 3.00 bits per heavy atom. The Morgan fingerprint density at radius 1 is 1.22 bits per heavy atom. The molecule has 0 amide bonds. The molecule has 0 atom stereocenters. The lowest BCUT2D eigenvalue weighted by Crippen LogP contribution is -1.90. The molecule has 2 aromatic heterocycles. The van der Waals surface area contributed by atoms with Crippen LogP contribution in [-0.4, -0.2) is 9.97 Å². The number of nitrogens with one attached hydrogen (secondary N) is 1. The number of hydrogen-bond acceptors (Lipinski definition) is 2. The lowest BCUT2D eigenvalue weighted by Gasteiger charge is -1.95. The van der Waals surface area contributed by atoms with Crippen molar-refractivity contribution in [2.45, 2.75) is 19.3 Å². The van der Waals surface area contributed by atoms with Crippen molar-refractivity contribution in [3.05, 3.63) is 51.4 Å². The highest BCUT2D eigenvalue weighted by molar-refractivity contribution is 7.09. The molecule has 3 aromatic rings. The van der Waals surface area contributed by atoms with Gasteiger partial charge in [-0.15, -0.1) is 11.3 Å². The van der Waals surface area contributed by atoms with E-state index in [0.29, 0.717) is 0 Å². The van der Waals surface area contributed by atoms with Crippen LogP contribution in [0, 0.1) is 0 Å². The second-order valence-electron chi connectivity index (χ2n) is 4.28. The van der Waals surface area contributed by atoms with Crippen LogP contribution in [0.3, 0.4) is 0 Å². The van der Waals surface area contributed by atoms with Crippen molar-refractivity contribution in [2.24, 2.45) is 0 Å². The highest BCUT2D eigenvalue weighted by Gasteiger charge is 2.03. The van der Waals surface area contributed by atoms with E-state index in [0.717, 1.165) is 41.1 Å². The van der Waals surface area contributed by atoms with Gasteiger partial charge in [-0.25, -0.2) is 4.98 Å². The maximum absolute atomic E-state index is 5.95. The van der Waals surface area contributed by atoms with Crippen LogP contribution in [0.2, 0.25) is 5.02 Å². The third-order valence-corrected chi connectivity index (χ3v) is 4.08. The fraction of sp³-hybridized carbons (Fsp3) is 0.214. The Morgan fingerprint density at radius 2 is 2.17 bits per heavy atom. The minimum Gasteiger partial charge on any atom is -0.342 e. The van der Waals surface area contributed by atoms with Gasteiger partial charge in [0.15, 0.2) is 0 Å². The summed E-state index contributed by atoms with van der Waals surface area (Å²) in [6.45, 7) is 0. The molecule has 0 aliphatic carbocycles. The van der Waals surface area contributed by atoms with Crippen molar-refractivity contribution >= 4 is 34.0 Å². The summed E-state index contributed by atoms with van der Waals surface area (Å²) in [4.78, 5) is 9.33. The van der Waals surface area contributed by atoms with Gasteiger partial charge in [-0.3, -0.25) is 0 Å². The zero-order valence-corrected chi connectivity index (χ0v) is 11.4. The van der Waals surface area contributed by atoms with Gasteiger partial charge in [-0.2, -0.15) is 0 Å². The molecule has 0 fully saturated rings. The molecule has 0 spiro atoms. The van der Waals surface area contributed by atoms with Gasteiger partial charge in [0.25, 0.3) is 0 Å². The number of imidazole rings is 1. The van der Waals surface area contributed by atoms with E-state index in [1.807, 2.05) is 29.5 Å². The summed E-state index contributed by atoms with van der Waals surface area (Å²) >= 11 is 7.77. The maximum Gasteiger partial charge on any atom is 0.107 e. The van der Waals surface area contributed by atoms with E-state index >= 15 is 0 Å². The summed E-state index contributed by atoms with van der Waals surface area (Å²) < 4.78 is 0. The second-order valence-corrected chi connectivity index (χ2v) is 5.75. The zero-order valence-electron chi connectivity index (χ0n) is 9.82. The molecule has 2 heterocycles. The molecule has 0 bridgehead atoms. The van der Waals surface area contributed by atoms with Crippen LogP contribution in [0.5, 0.6) is 0 Å². The summed E-state index contributed by atoms with van der Waals surface area (Å²) in [6.07, 6.45) is 3.22. The Labute approximate surface area is 115 Å². The van der Waals surface area contributed by atoms with E-state index in [1.54, 1.807) is 0 Å². The quantitative estimate of drug-likeness (QED) is 0.749. The maximum atomic E-state index is 5.95. The molecule has 2 nitrogen and oxygen atoms in total. The average molecular weight is 277 g/mol. The summed E-state index contributed by atoms with van der Waals surface area (Å²) in [5, 5.41) is 2.87. The van der Waals surface area contributed by atoms with Crippen LogP contribution < -0.4 is 0 Å². The van der Waals surface area contributed by atoms with Crippen molar-refractivity contribution in [1.82, 2.24) is 9.97 Å². The van der Waals surface area contributed by atoms with Crippen LogP contribution in [0.15, 0.2) is 35.7 Å². The van der Waals surface area contributed by atoms with Crippen molar-refractivity contribution in [2.75, 3.05) is 0 Å². The average Bonchev–Trinajstić information content (AvgIpc) is 2.97. The third-order valence-electron chi connectivity index (χ3n) is 2.91. The molecule has 1 aromatic carbocycles. The zero-order chi connectivity index (χ0) is 12.4. The highest BCUT2D eigenvalue weighted by atomic mass is 35.5. The molecule has 92 valence electrons. The van der Waals surface area contributed by atoms with Crippen LogP contribution >= 0.6 is 22.9 Å². The number of aromatic nitrogens is 2. The van der Waals surface area contributed by atoms with Crippen LogP contribution in [-0.2, 0) is 12.8 Å².